The molecule has 0 saturated carbocycles. The van der Waals surface area contributed by atoms with E-state index >= 15 is 0 Å². The van der Waals surface area contributed by atoms with Gasteiger partial charge in [0.1, 0.15) is 11.6 Å². The highest BCUT2D eigenvalue weighted by Crippen LogP contribution is 2.26. The van der Waals surface area contributed by atoms with Crippen LogP contribution in [0, 0.1) is 0 Å². The molecule has 2 aromatic rings. The molecule has 0 bridgehead atoms. The van der Waals surface area contributed by atoms with Crippen LogP contribution in [-0.4, -0.2) is 22.4 Å². The molecule has 0 fully saturated rings. The van der Waals surface area contributed by atoms with Crippen LogP contribution in [0.5, 0.6) is 5.75 Å². The molecule has 4 nitrogen and oxygen atoms in total. The highest BCUT2D eigenvalue weighted by atomic mass is 79.9. The summed E-state index contributed by atoms with van der Waals surface area (Å²) < 4.78 is 7.97. The lowest BCUT2D eigenvalue weighted by atomic mass is 10.1. The zero-order chi connectivity index (χ0) is 14.5. The second-order valence-corrected chi connectivity index (χ2v) is 5.34. The van der Waals surface area contributed by atoms with Crippen molar-refractivity contribution in [3.05, 3.63) is 46.5 Å². The first-order chi connectivity index (χ1) is 9.65. The monoisotopic (exact) mass is 336 g/mol. The number of carbonyl (C=O) groups excluding carboxylic acids is 1. The van der Waals surface area contributed by atoms with Crippen LogP contribution in [0.15, 0.2) is 35.1 Å². The Morgan fingerprint density at radius 3 is 2.90 bits per heavy atom. The number of ether oxygens (including phenoxy) is 1. The lowest BCUT2D eigenvalue weighted by Gasteiger charge is -2.07. The predicted molar refractivity (Wildman–Crippen MR) is 81.2 cm³/mol. The number of halogens is 1. The van der Waals surface area contributed by atoms with Gasteiger partial charge in [-0.2, -0.15) is 0 Å². The van der Waals surface area contributed by atoms with Gasteiger partial charge in [0.05, 0.1) is 18.0 Å². The van der Waals surface area contributed by atoms with Gasteiger partial charge in [0, 0.05) is 24.5 Å². The molecule has 0 unspecified atom stereocenters. The maximum atomic E-state index is 12.3. The highest BCUT2D eigenvalue weighted by molar-refractivity contribution is 9.10. The number of Topliss-reactive ketones (excluding diaryl/α,β-unsaturated/α-hetero) is 1. The molecular weight excluding hydrogens is 320 g/mol. The van der Waals surface area contributed by atoms with E-state index < -0.39 is 0 Å². The molecule has 20 heavy (non-hydrogen) atoms. The van der Waals surface area contributed by atoms with E-state index in [1.807, 2.05) is 10.8 Å². The summed E-state index contributed by atoms with van der Waals surface area (Å²) in [5.41, 5.74) is 0.656. The zero-order valence-electron chi connectivity index (χ0n) is 11.6. The lowest BCUT2D eigenvalue weighted by molar-refractivity contribution is 0.0989. The maximum absolute atomic E-state index is 12.3. The van der Waals surface area contributed by atoms with Gasteiger partial charge in [0.15, 0.2) is 5.78 Å². The molecule has 1 aromatic carbocycles. The van der Waals surface area contributed by atoms with Crippen molar-refractivity contribution in [3.8, 4) is 5.75 Å². The van der Waals surface area contributed by atoms with Gasteiger partial charge in [-0.25, -0.2) is 4.98 Å². The van der Waals surface area contributed by atoms with Crippen molar-refractivity contribution in [1.29, 1.82) is 0 Å². The van der Waals surface area contributed by atoms with E-state index in [1.165, 1.54) is 0 Å². The number of aryl methyl sites for hydroxylation is 1. The van der Waals surface area contributed by atoms with Crippen molar-refractivity contribution in [2.45, 2.75) is 26.3 Å². The Hall–Kier alpha value is -1.62. The number of hydrogen-bond donors (Lipinski definition) is 0. The largest absolute Gasteiger partial charge is 0.496 e. The molecule has 0 aliphatic heterocycles. The first-order valence-corrected chi connectivity index (χ1v) is 7.31. The molecule has 1 aromatic heterocycles. The van der Waals surface area contributed by atoms with Crippen molar-refractivity contribution < 1.29 is 9.53 Å². The lowest BCUT2D eigenvalue weighted by Crippen LogP contribution is -2.10. The van der Waals surface area contributed by atoms with Crippen LogP contribution < -0.4 is 4.74 Å². The molecule has 106 valence electrons. The number of ketones is 1. The molecule has 1 heterocycles. The van der Waals surface area contributed by atoms with Crippen LogP contribution >= 0.6 is 15.9 Å². The minimum absolute atomic E-state index is 0.0527. The number of aromatic nitrogens is 2. The smallest absolute Gasteiger partial charge is 0.170 e. The van der Waals surface area contributed by atoms with Crippen LogP contribution in [0.1, 0.15) is 29.5 Å². The highest BCUT2D eigenvalue weighted by Gasteiger charge is 2.13. The Morgan fingerprint density at radius 1 is 1.45 bits per heavy atom. The second kappa shape index (κ2) is 6.70. The zero-order valence-corrected chi connectivity index (χ0v) is 13.2. The van der Waals surface area contributed by atoms with Gasteiger partial charge >= 0.3 is 0 Å². The van der Waals surface area contributed by atoms with Crippen molar-refractivity contribution >= 4 is 21.7 Å². The number of methoxy groups -OCH3 is 1. The molecule has 0 aliphatic carbocycles. The van der Waals surface area contributed by atoms with E-state index in [2.05, 4.69) is 27.8 Å². The maximum Gasteiger partial charge on any atom is 0.170 e. The number of rotatable bonds is 6. The quantitative estimate of drug-likeness (QED) is 0.758. The molecule has 0 amide bonds. The summed E-state index contributed by atoms with van der Waals surface area (Å²) in [5, 5.41) is 0. The first-order valence-electron chi connectivity index (χ1n) is 6.52. The molecular formula is C15H17BrN2O2. The van der Waals surface area contributed by atoms with Gasteiger partial charge in [0.2, 0.25) is 0 Å². The normalized spacial score (nSPS) is 10.6. The molecule has 0 aliphatic rings. The Bertz CT molecular complexity index is 608. The van der Waals surface area contributed by atoms with Crippen molar-refractivity contribution in [2.24, 2.45) is 0 Å². The third-order valence-electron chi connectivity index (χ3n) is 3.06. The Kier molecular flexibility index (Phi) is 4.95. The topological polar surface area (TPSA) is 44.1 Å². The van der Waals surface area contributed by atoms with Gasteiger partial charge in [-0.05, 0) is 40.5 Å². The summed E-state index contributed by atoms with van der Waals surface area (Å²) in [4.78, 5) is 16.6. The van der Waals surface area contributed by atoms with Crippen LogP contribution in [0.2, 0.25) is 0 Å². The molecule has 0 spiro atoms. The van der Waals surface area contributed by atoms with E-state index in [9.17, 15) is 4.79 Å². The van der Waals surface area contributed by atoms with E-state index in [0.717, 1.165) is 23.3 Å². The van der Waals surface area contributed by atoms with Gasteiger partial charge in [0.25, 0.3) is 0 Å². The summed E-state index contributed by atoms with van der Waals surface area (Å²) in [6.07, 6.45) is 4.98. The van der Waals surface area contributed by atoms with Crippen molar-refractivity contribution in [2.75, 3.05) is 7.11 Å². The average Bonchev–Trinajstić information content (AvgIpc) is 2.86. The summed E-state index contributed by atoms with van der Waals surface area (Å²) in [6, 6.07) is 5.35. The van der Waals surface area contributed by atoms with Gasteiger partial charge in [-0.3, -0.25) is 4.79 Å². The van der Waals surface area contributed by atoms with E-state index in [1.54, 1.807) is 31.5 Å². The molecule has 0 atom stereocenters. The Labute approximate surface area is 126 Å². The van der Waals surface area contributed by atoms with E-state index in [4.69, 9.17) is 4.74 Å². The molecule has 2 rings (SSSR count). The fraction of sp³-hybridized carbons (Fsp3) is 0.333. The average molecular weight is 337 g/mol. The SMILES string of the molecule is CCCn1ccnc1CC(=O)c1ccc(OC)c(Br)c1. The van der Waals surface area contributed by atoms with Crippen LogP contribution in [-0.2, 0) is 13.0 Å². The van der Waals surface area contributed by atoms with Crippen molar-refractivity contribution in [3.63, 3.8) is 0 Å². The Balaban J connectivity index is 2.15. The fourth-order valence-electron chi connectivity index (χ4n) is 2.04. The van der Waals surface area contributed by atoms with Crippen LogP contribution in [0.3, 0.4) is 0 Å². The summed E-state index contributed by atoms with van der Waals surface area (Å²) in [7, 11) is 1.60. The number of nitrogens with zero attached hydrogens (tertiary/aromatic N) is 2. The van der Waals surface area contributed by atoms with Gasteiger partial charge < -0.3 is 9.30 Å². The third kappa shape index (κ3) is 3.28. The van der Waals surface area contributed by atoms with Crippen LogP contribution in [0.25, 0.3) is 0 Å². The van der Waals surface area contributed by atoms with E-state index in [-0.39, 0.29) is 5.78 Å². The number of imidazole rings is 1. The summed E-state index contributed by atoms with van der Waals surface area (Å²) in [6.45, 7) is 2.99. The number of benzene rings is 1. The first kappa shape index (κ1) is 14.8. The van der Waals surface area contributed by atoms with Gasteiger partial charge in [-0.1, -0.05) is 6.92 Å². The molecule has 0 N–H and O–H groups in total. The molecule has 5 heteroatoms. The molecule has 0 radical (unpaired) electrons. The predicted octanol–water partition coefficient (Wildman–Crippen LogP) is 3.49. The third-order valence-corrected chi connectivity index (χ3v) is 3.68. The standard InChI is InChI=1S/C15H17BrN2O2/c1-3-7-18-8-6-17-15(18)10-13(19)11-4-5-14(20-2)12(16)9-11/h4-6,8-9H,3,7,10H2,1-2H3. The van der Waals surface area contributed by atoms with E-state index in [0.29, 0.717) is 17.7 Å². The number of carbonyl (C=O) groups is 1. The van der Waals surface area contributed by atoms with Crippen molar-refractivity contribution in [1.82, 2.24) is 9.55 Å². The summed E-state index contributed by atoms with van der Waals surface area (Å²) in [5.74, 6) is 1.58. The number of hydrogen-bond acceptors (Lipinski definition) is 3. The molecule has 0 saturated heterocycles. The summed E-state index contributed by atoms with van der Waals surface area (Å²) >= 11 is 3.39. The Morgan fingerprint density at radius 2 is 2.25 bits per heavy atom. The van der Waals surface area contributed by atoms with Crippen LogP contribution in [0.4, 0.5) is 0 Å². The minimum atomic E-state index is 0.0527. The fourth-order valence-corrected chi connectivity index (χ4v) is 2.58. The second-order valence-electron chi connectivity index (χ2n) is 4.49. The minimum Gasteiger partial charge on any atom is -0.496 e. The van der Waals surface area contributed by atoms with Gasteiger partial charge in [-0.15, -0.1) is 0 Å².